The van der Waals surface area contributed by atoms with Crippen molar-refractivity contribution in [3.8, 4) is 0 Å². The number of amides is 1. The number of carbonyl (C=O) groups is 2. The number of carboxylic acids is 1. The Kier molecular flexibility index (Phi) is 3.67. The van der Waals surface area contributed by atoms with Gasteiger partial charge in [0.25, 0.3) is 0 Å². The molecule has 2 N–H and O–H groups in total. The lowest BCUT2D eigenvalue weighted by molar-refractivity contribution is -0.140. The van der Waals surface area contributed by atoms with E-state index in [2.05, 4.69) is 5.32 Å². The van der Waals surface area contributed by atoms with Gasteiger partial charge in [-0.2, -0.15) is 0 Å². The van der Waals surface area contributed by atoms with Gasteiger partial charge in [-0.1, -0.05) is 18.2 Å². The van der Waals surface area contributed by atoms with Crippen molar-refractivity contribution in [3.05, 3.63) is 36.1 Å². The average molecular weight is 193 g/mol. The van der Waals surface area contributed by atoms with Crippen LogP contribution in [0.5, 0.6) is 0 Å². The summed E-state index contributed by atoms with van der Waals surface area (Å²) in [5.74, 6) is -1.64. The van der Waals surface area contributed by atoms with E-state index in [4.69, 9.17) is 5.11 Å². The Morgan fingerprint density at radius 2 is 2.21 bits per heavy atom. The van der Waals surface area contributed by atoms with Crippen LogP contribution in [0, 0.1) is 0 Å². The lowest BCUT2D eigenvalue weighted by atomic mass is 10.3. The molecule has 1 rings (SSSR count). The van der Waals surface area contributed by atoms with Crippen LogP contribution in [0.2, 0.25) is 0 Å². The number of allylic oxidation sites excluding steroid dienone is 5. The van der Waals surface area contributed by atoms with E-state index >= 15 is 0 Å². The number of nitrogens with one attached hydrogen (secondary N) is 1. The summed E-state index contributed by atoms with van der Waals surface area (Å²) >= 11 is 0. The van der Waals surface area contributed by atoms with Crippen LogP contribution < -0.4 is 5.32 Å². The summed E-state index contributed by atoms with van der Waals surface area (Å²) in [6.07, 6.45) is 9.42. The van der Waals surface area contributed by atoms with Gasteiger partial charge < -0.3 is 10.4 Å². The standard InChI is InChI=1S/C10H11NO3/c12-9(7-10(13)14)11-8-5-3-1-2-4-6-8/h1,3-6H,2,7H2,(H,11,12)(H,13,14). The highest BCUT2D eigenvalue weighted by Crippen LogP contribution is 2.01. The van der Waals surface area contributed by atoms with Gasteiger partial charge in [0.15, 0.2) is 0 Å². The van der Waals surface area contributed by atoms with Crippen LogP contribution in [0.15, 0.2) is 36.1 Å². The quantitative estimate of drug-likeness (QED) is 0.656. The second-order valence-corrected chi connectivity index (χ2v) is 2.81. The topological polar surface area (TPSA) is 66.4 Å². The summed E-state index contributed by atoms with van der Waals surface area (Å²) in [5, 5.41) is 10.9. The molecule has 0 heterocycles. The van der Waals surface area contributed by atoms with E-state index < -0.39 is 18.3 Å². The molecule has 14 heavy (non-hydrogen) atoms. The van der Waals surface area contributed by atoms with Crippen LogP contribution in [0.4, 0.5) is 0 Å². The largest absolute Gasteiger partial charge is 0.481 e. The van der Waals surface area contributed by atoms with E-state index in [1.165, 1.54) is 0 Å². The normalized spacial score (nSPS) is 14.4. The first-order valence-electron chi connectivity index (χ1n) is 4.23. The van der Waals surface area contributed by atoms with Gasteiger partial charge in [-0.25, -0.2) is 0 Å². The van der Waals surface area contributed by atoms with Crippen LogP contribution in [0.3, 0.4) is 0 Å². The summed E-state index contributed by atoms with van der Waals surface area (Å²) in [4.78, 5) is 21.3. The van der Waals surface area contributed by atoms with Crippen LogP contribution in [0.25, 0.3) is 0 Å². The smallest absolute Gasteiger partial charge is 0.312 e. The van der Waals surface area contributed by atoms with Gasteiger partial charge in [0.2, 0.25) is 5.91 Å². The molecule has 4 heteroatoms. The molecule has 0 saturated heterocycles. The Morgan fingerprint density at radius 1 is 1.43 bits per heavy atom. The Bertz CT molecular complexity index is 326. The Morgan fingerprint density at radius 3 is 2.93 bits per heavy atom. The predicted molar refractivity (Wildman–Crippen MR) is 51.4 cm³/mol. The molecular weight excluding hydrogens is 182 g/mol. The number of hydrogen-bond donors (Lipinski definition) is 2. The maximum Gasteiger partial charge on any atom is 0.312 e. The highest BCUT2D eigenvalue weighted by molar-refractivity contribution is 5.94. The molecule has 0 radical (unpaired) electrons. The molecule has 1 aliphatic rings. The third-order valence-corrected chi connectivity index (χ3v) is 1.58. The Hall–Kier alpha value is -1.84. The van der Waals surface area contributed by atoms with E-state index in [0.29, 0.717) is 5.70 Å². The second kappa shape index (κ2) is 5.01. The fourth-order valence-electron chi connectivity index (χ4n) is 1.01. The van der Waals surface area contributed by atoms with Gasteiger partial charge in [0.1, 0.15) is 6.42 Å². The summed E-state index contributed by atoms with van der Waals surface area (Å²) in [6.45, 7) is 0. The molecule has 0 aromatic rings. The number of carbonyl (C=O) groups excluding carboxylic acids is 1. The molecule has 0 spiro atoms. The highest BCUT2D eigenvalue weighted by atomic mass is 16.4. The zero-order valence-electron chi connectivity index (χ0n) is 7.56. The van der Waals surface area contributed by atoms with Crippen LogP contribution >= 0.6 is 0 Å². The molecule has 0 atom stereocenters. The zero-order chi connectivity index (χ0) is 10.4. The minimum atomic E-state index is -1.13. The van der Waals surface area contributed by atoms with Crippen molar-refractivity contribution in [3.63, 3.8) is 0 Å². The first-order chi connectivity index (χ1) is 6.68. The highest BCUT2D eigenvalue weighted by Gasteiger charge is 2.07. The molecule has 0 aliphatic heterocycles. The van der Waals surface area contributed by atoms with Crippen LogP contribution in [-0.4, -0.2) is 17.0 Å². The van der Waals surface area contributed by atoms with Gasteiger partial charge >= 0.3 is 5.97 Å². The minimum absolute atomic E-state index is 0.505. The van der Waals surface area contributed by atoms with Gasteiger partial charge in [-0.15, -0.1) is 0 Å². The van der Waals surface area contributed by atoms with Gasteiger partial charge in [0.05, 0.1) is 0 Å². The maximum atomic E-state index is 11.0. The summed E-state index contributed by atoms with van der Waals surface area (Å²) in [6, 6.07) is 0. The molecule has 74 valence electrons. The maximum absolute atomic E-state index is 11.0. The van der Waals surface area contributed by atoms with Crippen molar-refractivity contribution in [2.75, 3.05) is 0 Å². The van der Waals surface area contributed by atoms with Crippen molar-refractivity contribution in [2.24, 2.45) is 0 Å². The summed E-state index contributed by atoms with van der Waals surface area (Å²) in [5.41, 5.74) is 0.616. The first kappa shape index (κ1) is 10.2. The number of rotatable bonds is 3. The Balaban J connectivity index is 2.51. The van der Waals surface area contributed by atoms with Crippen molar-refractivity contribution >= 4 is 11.9 Å². The lowest BCUT2D eigenvalue weighted by Gasteiger charge is -2.02. The summed E-state index contributed by atoms with van der Waals surface area (Å²) < 4.78 is 0. The van der Waals surface area contributed by atoms with Crippen LogP contribution in [-0.2, 0) is 9.59 Å². The second-order valence-electron chi connectivity index (χ2n) is 2.81. The molecule has 0 aromatic heterocycles. The molecule has 0 unspecified atom stereocenters. The van der Waals surface area contributed by atoms with Crippen molar-refractivity contribution in [1.82, 2.24) is 5.32 Å². The van der Waals surface area contributed by atoms with Crippen LogP contribution in [0.1, 0.15) is 12.8 Å². The van der Waals surface area contributed by atoms with E-state index in [1.54, 1.807) is 12.2 Å². The molecule has 4 nitrogen and oxygen atoms in total. The monoisotopic (exact) mass is 193 g/mol. The average Bonchev–Trinajstić information content (AvgIpc) is 2.31. The fraction of sp³-hybridized carbons (Fsp3) is 0.200. The molecule has 0 bridgehead atoms. The molecule has 1 aliphatic carbocycles. The SMILES string of the molecule is O=C(O)CC(=O)NC1=CC=CCC=C1. The summed E-state index contributed by atoms with van der Waals surface area (Å²) in [7, 11) is 0. The van der Waals surface area contributed by atoms with Gasteiger partial charge in [-0.3, -0.25) is 9.59 Å². The Labute approximate surface area is 81.6 Å². The number of carboxylic acid groups (broad SMARTS) is 1. The van der Waals surface area contributed by atoms with E-state index in [-0.39, 0.29) is 0 Å². The van der Waals surface area contributed by atoms with E-state index in [0.717, 1.165) is 6.42 Å². The van der Waals surface area contributed by atoms with Crippen molar-refractivity contribution < 1.29 is 14.7 Å². The number of hydrogen-bond acceptors (Lipinski definition) is 2. The lowest BCUT2D eigenvalue weighted by Crippen LogP contribution is -2.24. The van der Waals surface area contributed by atoms with Gasteiger partial charge in [-0.05, 0) is 18.6 Å². The zero-order valence-corrected chi connectivity index (χ0v) is 7.56. The molecule has 0 fully saturated rings. The molecule has 0 aromatic carbocycles. The molecule has 1 amide bonds. The third-order valence-electron chi connectivity index (χ3n) is 1.58. The molecule has 0 saturated carbocycles. The predicted octanol–water partition coefficient (Wildman–Crippen LogP) is 0.977. The molecular formula is C10H11NO3. The van der Waals surface area contributed by atoms with E-state index in [1.807, 2.05) is 18.2 Å². The van der Waals surface area contributed by atoms with Crippen molar-refractivity contribution in [1.29, 1.82) is 0 Å². The first-order valence-corrected chi connectivity index (χ1v) is 4.23. The van der Waals surface area contributed by atoms with Crippen molar-refractivity contribution in [2.45, 2.75) is 12.8 Å². The fourth-order valence-corrected chi connectivity index (χ4v) is 1.01. The minimum Gasteiger partial charge on any atom is -0.481 e. The van der Waals surface area contributed by atoms with Gasteiger partial charge in [0, 0.05) is 5.70 Å². The number of aliphatic carboxylic acids is 1. The van der Waals surface area contributed by atoms with E-state index in [9.17, 15) is 9.59 Å². The third kappa shape index (κ3) is 3.71.